The van der Waals surface area contributed by atoms with Crippen molar-refractivity contribution in [2.24, 2.45) is 0 Å². The summed E-state index contributed by atoms with van der Waals surface area (Å²) >= 11 is 3.21. The van der Waals surface area contributed by atoms with Crippen molar-refractivity contribution in [2.45, 2.75) is 18.5 Å². The Bertz CT molecular complexity index is 430. The summed E-state index contributed by atoms with van der Waals surface area (Å²) in [5.41, 5.74) is 0. The number of hydrogen-bond donors (Lipinski definition) is 2. The first kappa shape index (κ1) is 14.4. The molecule has 0 aromatic carbocycles. The number of rotatable bonds is 5. The topological polar surface area (TPSA) is 67.4 Å². The third-order valence-electron chi connectivity index (χ3n) is 2.83. The Kier molecular flexibility index (Phi) is 5.24. The number of carbonyl (C=O) groups excluding carboxylic acids is 2. The molecule has 0 aliphatic carbocycles. The van der Waals surface area contributed by atoms with Gasteiger partial charge in [-0.05, 0) is 11.4 Å². The van der Waals surface area contributed by atoms with Crippen LogP contribution in [-0.2, 0) is 14.3 Å². The van der Waals surface area contributed by atoms with Crippen LogP contribution >= 0.6 is 23.1 Å². The molecule has 1 fully saturated rings. The third-order valence-corrected chi connectivity index (χ3v) is 4.76. The Hall–Kier alpha value is -1.05. The second-order valence-corrected chi connectivity index (χ2v) is 6.14. The SMILES string of the molecule is COC(=O)CC(NC(=O)C1CSCN1)c1cccs1. The monoisotopic (exact) mass is 300 g/mol. The Labute approximate surface area is 120 Å². The molecular formula is C12H16N2O3S2. The minimum Gasteiger partial charge on any atom is -0.469 e. The minimum absolute atomic E-state index is 0.0627. The molecule has 1 aliphatic heterocycles. The zero-order valence-corrected chi connectivity index (χ0v) is 12.2. The molecule has 2 heterocycles. The highest BCUT2D eigenvalue weighted by molar-refractivity contribution is 7.99. The molecule has 104 valence electrons. The second kappa shape index (κ2) is 6.93. The Morgan fingerprint density at radius 2 is 2.47 bits per heavy atom. The summed E-state index contributed by atoms with van der Waals surface area (Å²) in [6, 6.07) is 3.33. The van der Waals surface area contributed by atoms with Crippen LogP contribution in [0.15, 0.2) is 17.5 Å². The molecule has 5 nitrogen and oxygen atoms in total. The van der Waals surface area contributed by atoms with E-state index in [0.717, 1.165) is 16.5 Å². The van der Waals surface area contributed by atoms with Gasteiger partial charge < -0.3 is 10.1 Å². The highest BCUT2D eigenvalue weighted by atomic mass is 32.2. The van der Waals surface area contributed by atoms with Crippen LogP contribution in [0.4, 0.5) is 0 Å². The van der Waals surface area contributed by atoms with Crippen molar-refractivity contribution in [2.75, 3.05) is 18.7 Å². The summed E-state index contributed by atoms with van der Waals surface area (Å²) in [6.07, 6.45) is 0.155. The van der Waals surface area contributed by atoms with Crippen molar-refractivity contribution in [1.29, 1.82) is 0 Å². The van der Waals surface area contributed by atoms with Crippen LogP contribution in [0.25, 0.3) is 0 Å². The number of thioether (sulfide) groups is 1. The van der Waals surface area contributed by atoms with E-state index in [-0.39, 0.29) is 30.4 Å². The molecule has 1 aliphatic rings. The summed E-state index contributed by atoms with van der Waals surface area (Å²) in [5, 5.41) is 7.96. The second-order valence-electron chi connectivity index (χ2n) is 4.13. The van der Waals surface area contributed by atoms with Crippen LogP contribution in [0.2, 0.25) is 0 Å². The normalized spacial score (nSPS) is 19.9. The van der Waals surface area contributed by atoms with Crippen LogP contribution in [0.3, 0.4) is 0 Å². The van der Waals surface area contributed by atoms with Gasteiger partial charge in [0.15, 0.2) is 0 Å². The van der Waals surface area contributed by atoms with Gasteiger partial charge in [0, 0.05) is 16.5 Å². The fraction of sp³-hybridized carbons (Fsp3) is 0.500. The first-order chi connectivity index (χ1) is 9.20. The smallest absolute Gasteiger partial charge is 0.307 e. The molecule has 19 heavy (non-hydrogen) atoms. The van der Waals surface area contributed by atoms with E-state index in [9.17, 15) is 9.59 Å². The van der Waals surface area contributed by atoms with Gasteiger partial charge >= 0.3 is 5.97 Å². The van der Waals surface area contributed by atoms with Crippen LogP contribution < -0.4 is 10.6 Å². The van der Waals surface area contributed by atoms with E-state index in [4.69, 9.17) is 0 Å². The van der Waals surface area contributed by atoms with Crippen LogP contribution in [0.1, 0.15) is 17.3 Å². The zero-order chi connectivity index (χ0) is 13.7. The number of methoxy groups -OCH3 is 1. The number of ether oxygens (including phenoxy) is 1. The van der Waals surface area contributed by atoms with Gasteiger partial charge in [-0.15, -0.1) is 23.1 Å². The number of carbonyl (C=O) groups is 2. The number of thiophene rings is 1. The van der Waals surface area contributed by atoms with Crippen molar-refractivity contribution in [3.63, 3.8) is 0 Å². The van der Waals surface area contributed by atoms with Crippen molar-refractivity contribution in [3.05, 3.63) is 22.4 Å². The third kappa shape index (κ3) is 3.95. The van der Waals surface area contributed by atoms with E-state index >= 15 is 0 Å². The van der Waals surface area contributed by atoms with Crippen molar-refractivity contribution in [3.8, 4) is 0 Å². The molecule has 0 radical (unpaired) electrons. The summed E-state index contributed by atoms with van der Waals surface area (Å²) in [5.74, 6) is 1.17. The van der Waals surface area contributed by atoms with E-state index in [1.807, 2.05) is 17.5 Å². The summed E-state index contributed by atoms with van der Waals surface area (Å²) in [7, 11) is 1.35. The van der Waals surface area contributed by atoms with Gasteiger partial charge in [0.1, 0.15) is 0 Å². The van der Waals surface area contributed by atoms with Gasteiger partial charge in [0.25, 0.3) is 0 Å². The Morgan fingerprint density at radius 3 is 3.05 bits per heavy atom. The van der Waals surface area contributed by atoms with Gasteiger partial charge in [-0.2, -0.15) is 0 Å². The van der Waals surface area contributed by atoms with E-state index in [0.29, 0.717) is 0 Å². The molecule has 1 aromatic rings. The van der Waals surface area contributed by atoms with Crippen molar-refractivity contribution in [1.82, 2.24) is 10.6 Å². The van der Waals surface area contributed by atoms with Gasteiger partial charge in [0.05, 0.1) is 25.6 Å². The lowest BCUT2D eigenvalue weighted by Crippen LogP contribution is -2.43. The zero-order valence-electron chi connectivity index (χ0n) is 10.5. The lowest BCUT2D eigenvalue weighted by atomic mass is 10.1. The van der Waals surface area contributed by atoms with E-state index in [1.165, 1.54) is 18.4 Å². The predicted octanol–water partition coefficient (Wildman–Crippen LogP) is 1.13. The largest absolute Gasteiger partial charge is 0.469 e. The summed E-state index contributed by atoms with van der Waals surface area (Å²) < 4.78 is 4.68. The molecule has 1 amide bonds. The molecule has 1 aromatic heterocycles. The van der Waals surface area contributed by atoms with Gasteiger partial charge in [0.2, 0.25) is 5.91 Å². The van der Waals surface area contributed by atoms with Crippen LogP contribution in [0.5, 0.6) is 0 Å². The highest BCUT2D eigenvalue weighted by Crippen LogP contribution is 2.23. The summed E-state index contributed by atoms with van der Waals surface area (Å²) in [6.45, 7) is 0. The molecule has 7 heteroatoms. The van der Waals surface area contributed by atoms with E-state index < -0.39 is 0 Å². The molecule has 0 bridgehead atoms. The van der Waals surface area contributed by atoms with Crippen LogP contribution in [-0.4, -0.2) is 36.7 Å². The average Bonchev–Trinajstić information content (AvgIpc) is 3.10. The maximum atomic E-state index is 12.1. The standard InChI is InChI=1S/C12H16N2O3S2/c1-17-11(15)5-8(10-3-2-4-19-10)14-12(16)9-6-18-7-13-9/h2-4,8-9,13H,5-7H2,1H3,(H,14,16). The quantitative estimate of drug-likeness (QED) is 0.798. The molecule has 2 unspecified atom stereocenters. The first-order valence-electron chi connectivity index (χ1n) is 5.92. The first-order valence-corrected chi connectivity index (χ1v) is 7.96. The Morgan fingerprint density at radius 1 is 1.63 bits per heavy atom. The Balaban J connectivity index is 2.00. The predicted molar refractivity (Wildman–Crippen MR) is 76.1 cm³/mol. The molecule has 2 N–H and O–H groups in total. The fourth-order valence-electron chi connectivity index (χ4n) is 1.80. The lowest BCUT2D eigenvalue weighted by molar-refractivity contribution is -0.141. The van der Waals surface area contributed by atoms with Gasteiger partial charge in [-0.1, -0.05) is 6.07 Å². The summed E-state index contributed by atoms with van der Waals surface area (Å²) in [4.78, 5) is 24.5. The number of nitrogens with one attached hydrogen (secondary N) is 2. The molecule has 1 saturated heterocycles. The molecule has 0 spiro atoms. The lowest BCUT2D eigenvalue weighted by Gasteiger charge is -2.18. The molecule has 2 atom stereocenters. The maximum absolute atomic E-state index is 12.1. The molecule has 0 saturated carbocycles. The van der Waals surface area contributed by atoms with Crippen LogP contribution in [0, 0.1) is 0 Å². The molecular weight excluding hydrogens is 284 g/mol. The number of esters is 1. The molecule has 2 rings (SSSR count). The maximum Gasteiger partial charge on any atom is 0.307 e. The van der Waals surface area contributed by atoms with E-state index in [1.54, 1.807) is 11.8 Å². The number of amides is 1. The minimum atomic E-state index is -0.326. The average molecular weight is 300 g/mol. The van der Waals surface area contributed by atoms with Crippen molar-refractivity contribution >= 4 is 35.0 Å². The fourth-order valence-corrected chi connectivity index (χ4v) is 3.52. The van der Waals surface area contributed by atoms with E-state index in [2.05, 4.69) is 15.4 Å². The number of hydrogen-bond acceptors (Lipinski definition) is 6. The van der Waals surface area contributed by atoms with Gasteiger partial charge in [-0.3, -0.25) is 14.9 Å². The van der Waals surface area contributed by atoms with Crippen molar-refractivity contribution < 1.29 is 14.3 Å². The highest BCUT2D eigenvalue weighted by Gasteiger charge is 2.26. The van der Waals surface area contributed by atoms with Gasteiger partial charge in [-0.25, -0.2) is 0 Å².